The fourth-order valence-electron chi connectivity index (χ4n) is 1.56. The van der Waals surface area contributed by atoms with E-state index in [0.717, 1.165) is 19.5 Å². The predicted octanol–water partition coefficient (Wildman–Crippen LogP) is 1.40. The number of nitrogens with zero attached hydrogens (tertiary/aromatic N) is 2. The smallest absolute Gasteiger partial charge is 0.319 e. The molecule has 2 amide bonds. The molecule has 70 valence electrons. The fraction of sp³-hybridized carbons (Fsp3) is 0.889. The number of carbonyl (C=O) groups is 1. The highest BCUT2D eigenvalue weighted by atomic mass is 16.2. The van der Waals surface area contributed by atoms with E-state index in [1.807, 2.05) is 4.90 Å². The molecule has 0 aromatic heterocycles. The Morgan fingerprint density at radius 1 is 1.42 bits per heavy atom. The van der Waals surface area contributed by atoms with Crippen LogP contribution in [0.3, 0.4) is 0 Å². The lowest BCUT2D eigenvalue weighted by Gasteiger charge is -2.23. The number of hydrogen-bond donors (Lipinski definition) is 0. The second kappa shape index (κ2) is 2.96. The Kier molecular flexibility index (Phi) is 2.31. The van der Waals surface area contributed by atoms with E-state index in [9.17, 15) is 4.79 Å². The van der Waals surface area contributed by atoms with Gasteiger partial charge in [-0.2, -0.15) is 0 Å². The Morgan fingerprint density at radius 2 is 2.00 bits per heavy atom. The van der Waals surface area contributed by atoms with Gasteiger partial charge in [-0.3, -0.25) is 0 Å². The lowest BCUT2D eigenvalue weighted by Crippen LogP contribution is -2.38. The number of rotatable bonds is 0. The first-order chi connectivity index (χ1) is 5.42. The molecule has 1 fully saturated rings. The lowest BCUT2D eigenvalue weighted by molar-refractivity contribution is 0.177. The second-order valence-electron chi connectivity index (χ2n) is 4.51. The molecule has 1 saturated heterocycles. The van der Waals surface area contributed by atoms with Gasteiger partial charge in [-0.25, -0.2) is 4.79 Å². The summed E-state index contributed by atoms with van der Waals surface area (Å²) in [6, 6.07) is 0.139. The largest absolute Gasteiger partial charge is 0.331 e. The Hall–Kier alpha value is -0.730. The summed E-state index contributed by atoms with van der Waals surface area (Å²) in [5.41, 5.74) is 0.311. The van der Waals surface area contributed by atoms with E-state index in [-0.39, 0.29) is 6.03 Å². The third-order valence-corrected chi connectivity index (χ3v) is 2.33. The lowest BCUT2D eigenvalue weighted by atomic mass is 9.93. The zero-order valence-electron chi connectivity index (χ0n) is 8.42. The van der Waals surface area contributed by atoms with Gasteiger partial charge in [0.05, 0.1) is 0 Å². The van der Waals surface area contributed by atoms with Crippen LogP contribution in [0.5, 0.6) is 0 Å². The van der Waals surface area contributed by atoms with Crippen LogP contribution in [-0.4, -0.2) is 43.0 Å². The van der Waals surface area contributed by atoms with Gasteiger partial charge in [0.2, 0.25) is 0 Å². The summed E-state index contributed by atoms with van der Waals surface area (Å²) in [6.45, 7) is 6.21. The summed E-state index contributed by atoms with van der Waals surface area (Å²) in [5, 5.41) is 0. The summed E-state index contributed by atoms with van der Waals surface area (Å²) < 4.78 is 0. The van der Waals surface area contributed by atoms with Gasteiger partial charge in [0.25, 0.3) is 0 Å². The van der Waals surface area contributed by atoms with Crippen molar-refractivity contribution in [3.05, 3.63) is 0 Å². The Labute approximate surface area is 74.3 Å². The fourth-order valence-corrected chi connectivity index (χ4v) is 1.56. The average molecular weight is 170 g/mol. The van der Waals surface area contributed by atoms with Crippen LogP contribution < -0.4 is 0 Å². The minimum Gasteiger partial charge on any atom is -0.331 e. The molecule has 0 spiro atoms. The van der Waals surface area contributed by atoms with E-state index in [1.165, 1.54) is 0 Å². The Bertz CT molecular complexity index is 187. The Balaban J connectivity index is 2.53. The summed E-state index contributed by atoms with van der Waals surface area (Å²) >= 11 is 0. The molecule has 0 saturated carbocycles. The van der Waals surface area contributed by atoms with Crippen molar-refractivity contribution in [3.8, 4) is 0 Å². The van der Waals surface area contributed by atoms with Crippen LogP contribution in [-0.2, 0) is 0 Å². The van der Waals surface area contributed by atoms with Crippen LogP contribution >= 0.6 is 0 Å². The summed E-state index contributed by atoms with van der Waals surface area (Å²) in [4.78, 5) is 15.0. The maximum Gasteiger partial charge on any atom is 0.319 e. The summed E-state index contributed by atoms with van der Waals surface area (Å²) in [5.74, 6) is 0. The van der Waals surface area contributed by atoms with Crippen molar-refractivity contribution in [2.24, 2.45) is 5.41 Å². The molecule has 0 N–H and O–H groups in total. The van der Waals surface area contributed by atoms with Gasteiger partial charge in [0.15, 0.2) is 0 Å². The first kappa shape index (κ1) is 9.36. The summed E-state index contributed by atoms with van der Waals surface area (Å²) in [7, 11) is 3.60. The van der Waals surface area contributed by atoms with E-state index in [4.69, 9.17) is 0 Å². The standard InChI is InChI=1S/C9H18N2O/c1-9(2)5-6-11(7-9)8(12)10(3)4/h5-7H2,1-4H3. The van der Waals surface area contributed by atoms with E-state index >= 15 is 0 Å². The Morgan fingerprint density at radius 3 is 2.33 bits per heavy atom. The van der Waals surface area contributed by atoms with E-state index in [2.05, 4.69) is 13.8 Å². The van der Waals surface area contributed by atoms with Gasteiger partial charge in [0.1, 0.15) is 0 Å². The first-order valence-corrected chi connectivity index (χ1v) is 4.39. The normalized spacial score (nSPS) is 21.2. The monoisotopic (exact) mass is 170 g/mol. The topological polar surface area (TPSA) is 23.6 Å². The van der Waals surface area contributed by atoms with Crippen LogP contribution in [0.25, 0.3) is 0 Å². The van der Waals surface area contributed by atoms with E-state index in [1.54, 1.807) is 19.0 Å². The van der Waals surface area contributed by atoms with Gasteiger partial charge >= 0.3 is 6.03 Å². The van der Waals surface area contributed by atoms with Crippen molar-refractivity contribution in [2.45, 2.75) is 20.3 Å². The molecule has 0 atom stereocenters. The molecule has 0 bridgehead atoms. The van der Waals surface area contributed by atoms with Crippen LogP contribution in [0.2, 0.25) is 0 Å². The molecular formula is C9H18N2O. The van der Waals surface area contributed by atoms with Crippen LogP contribution in [0.4, 0.5) is 4.79 Å². The maximum absolute atomic E-state index is 11.5. The molecule has 0 radical (unpaired) electrons. The third-order valence-electron chi connectivity index (χ3n) is 2.33. The first-order valence-electron chi connectivity index (χ1n) is 4.39. The second-order valence-corrected chi connectivity index (χ2v) is 4.51. The van der Waals surface area contributed by atoms with Crippen molar-refractivity contribution >= 4 is 6.03 Å². The quantitative estimate of drug-likeness (QED) is 0.539. The van der Waals surface area contributed by atoms with Gasteiger partial charge in [0, 0.05) is 27.2 Å². The highest BCUT2D eigenvalue weighted by molar-refractivity contribution is 5.74. The number of likely N-dealkylation sites (tertiary alicyclic amines) is 1. The number of hydrogen-bond acceptors (Lipinski definition) is 1. The highest BCUT2D eigenvalue weighted by Gasteiger charge is 2.32. The molecule has 0 aromatic carbocycles. The molecule has 3 heteroatoms. The molecule has 0 unspecified atom stereocenters. The molecule has 0 aliphatic carbocycles. The van der Waals surface area contributed by atoms with Crippen molar-refractivity contribution in [2.75, 3.05) is 27.2 Å². The van der Waals surface area contributed by atoms with Gasteiger partial charge in [-0.1, -0.05) is 13.8 Å². The predicted molar refractivity (Wildman–Crippen MR) is 49.1 cm³/mol. The van der Waals surface area contributed by atoms with Crippen molar-refractivity contribution in [1.82, 2.24) is 9.80 Å². The number of urea groups is 1. The molecule has 1 heterocycles. The molecule has 0 aromatic rings. The average Bonchev–Trinajstić information content (AvgIpc) is 2.28. The molecule has 3 nitrogen and oxygen atoms in total. The number of amides is 2. The van der Waals surface area contributed by atoms with Crippen LogP contribution in [0.1, 0.15) is 20.3 Å². The van der Waals surface area contributed by atoms with Crippen molar-refractivity contribution in [3.63, 3.8) is 0 Å². The van der Waals surface area contributed by atoms with Crippen molar-refractivity contribution in [1.29, 1.82) is 0 Å². The molecule has 1 rings (SSSR count). The minimum absolute atomic E-state index is 0.139. The van der Waals surface area contributed by atoms with Crippen LogP contribution in [0, 0.1) is 5.41 Å². The molecule has 12 heavy (non-hydrogen) atoms. The zero-order chi connectivity index (χ0) is 9.35. The van der Waals surface area contributed by atoms with E-state index in [0.29, 0.717) is 5.41 Å². The zero-order valence-corrected chi connectivity index (χ0v) is 8.42. The maximum atomic E-state index is 11.5. The molecular weight excluding hydrogens is 152 g/mol. The SMILES string of the molecule is CN(C)C(=O)N1CCC(C)(C)C1. The highest BCUT2D eigenvalue weighted by Crippen LogP contribution is 2.28. The minimum atomic E-state index is 0.139. The summed E-state index contributed by atoms with van der Waals surface area (Å²) in [6.07, 6.45) is 1.12. The molecule has 1 aliphatic heterocycles. The van der Waals surface area contributed by atoms with Crippen molar-refractivity contribution < 1.29 is 4.79 Å². The van der Waals surface area contributed by atoms with E-state index < -0.39 is 0 Å². The van der Waals surface area contributed by atoms with Crippen LogP contribution in [0.15, 0.2) is 0 Å². The molecule has 1 aliphatic rings. The van der Waals surface area contributed by atoms with Gasteiger partial charge in [-0.05, 0) is 11.8 Å². The third kappa shape index (κ3) is 1.90. The number of carbonyl (C=O) groups excluding carboxylic acids is 1. The van der Waals surface area contributed by atoms with Gasteiger partial charge < -0.3 is 9.80 Å². The van der Waals surface area contributed by atoms with Gasteiger partial charge in [-0.15, -0.1) is 0 Å².